The number of nitrogens with zero attached hydrogens (tertiary/aromatic N) is 3. The number of aromatic amines is 1. The molecular formula is C17H25N5O. The van der Waals surface area contributed by atoms with Gasteiger partial charge in [-0.1, -0.05) is 25.8 Å². The number of unbranched alkanes of at least 4 members (excludes halogenated alkanes) is 1. The minimum atomic E-state index is -0.101. The van der Waals surface area contributed by atoms with Gasteiger partial charge in [-0.15, -0.1) is 0 Å². The van der Waals surface area contributed by atoms with Gasteiger partial charge in [-0.25, -0.2) is 4.79 Å². The molecule has 0 spiro atoms. The molecule has 0 saturated heterocycles. The first kappa shape index (κ1) is 17.0. The number of urea groups is 1. The molecule has 2 rings (SSSR count). The average Bonchev–Trinajstić information content (AvgIpc) is 2.99. The zero-order valence-electron chi connectivity index (χ0n) is 14.0. The highest BCUT2D eigenvalue weighted by Crippen LogP contribution is 2.24. The number of aryl methyl sites for hydroxylation is 1. The Bertz CT molecular complexity index is 610. The van der Waals surface area contributed by atoms with Crippen LogP contribution in [0.3, 0.4) is 0 Å². The molecule has 2 aromatic rings. The number of H-pyrrole nitrogens is 1. The SMILES string of the molecule is CCCC[C@H](c1cccnc1)N(C)C(=O)NCc1cc(C)[nH]n1. The van der Waals surface area contributed by atoms with E-state index in [1.807, 2.05) is 38.4 Å². The van der Waals surface area contributed by atoms with Crippen LogP contribution in [0, 0.1) is 6.92 Å². The maximum Gasteiger partial charge on any atom is 0.317 e. The van der Waals surface area contributed by atoms with E-state index < -0.39 is 0 Å². The standard InChI is InChI=1S/C17H25N5O/c1-4-5-8-16(14-7-6-9-18-11-14)22(3)17(23)19-12-15-10-13(2)20-21-15/h6-7,9-11,16H,4-5,8,12H2,1-3H3,(H,19,23)(H,20,21)/t16-/m1/s1. The zero-order valence-corrected chi connectivity index (χ0v) is 14.0. The van der Waals surface area contributed by atoms with Crippen LogP contribution in [0.1, 0.15) is 49.2 Å². The van der Waals surface area contributed by atoms with Gasteiger partial charge in [-0.05, 0) is 31.0 Å². The van der Waals surface area contributed by atoms with Gasteiger partial charge in [0.15, 0.2) is 0 Å². The predicted octanol–water partition coefficient (Wildman–Crippen LogP) is 3.19. The number of carbonyl (C=O) groups is 1. The first-order valence-corrected chi connectivity index (χ1v) is 8.03. The molecule has 2 heterocycles. The molecule has 2 amide bonds. The lowest BCUT2D eigenvalue weighted by atomic mass is 10.0. The highest BCUT2D eigenvalue weighted by molar-refractivity contribution is 5.74. The molecule has 0 unspecified atom stereocenters. The number of aromatic nitrogens is 3. The summed E-state index contributed by atoms with van der Waals surface area (Å²) in [6.45, 7) is 4.51. The summed E-state index contributed by atoms with van der Waals surface area (Å²) in [7, 11) is 1.83. The Morgan fingerprint density at radius 1 is 1.48 bits per heavy atom. The van der Waals surface area contributed by atoms with Crippen LogP contribution in [0.4, 0.5) is 4.79 Å². The maximum absolute atomic E-state index is 12.5. The fourth-order valence-corrected chi connectivity index (χ4v) is 2.55. The fraction of sp³-hybridized carbons (Fsp3) is 0.471. The molecule has 23 heavy (non-hydrogen) atoms. The third-order valence-corrected chi connectivity index (χ3v) is 3.87. The van der Waals surface area contributed by atoms with Crippen LogP contribution in [0.2, 0.25) is 0 Å². The third-order valence-electron chi connectivity index (χ3n) is 3.87. The minimum absolute atomic E-state index is 0.0320. The smallest absolute Gasteiger partial charge is 0.317 e. The summed E-state index contributed by atoms with van der Waals surface area (Å²) >= 11 is 0. The number of hydrogen-bond donors (Lipinski definition) is 2. The first-order chi connectivity index (χ1) is 11.1. The highest BCUT2D eigenvalue weighted by atomic mass is 16.2. The Labute approximate surface area is 137 Å². The molecule has 0 fully saturated rings. The maximum atomic E-state index is 12.5. The van der Waals surface area contributed by atoms with Gasteiger partial charge in [0.2, 0.25) is 0 Å². The van der Waals surface area contributed by atoms with Gasteiger partial charge in [0.05, 0.1) is 18.3 Å². The van der Waals surface area contributed by atoms with Crippen molar-refractivity contribution in [1.82, 2.24) is 25.4 Å². The zero-order chi connectivity index (χ0) is 16.7. The summed E-state index contributed by atoms with van der Waals surface area (Å²) in [6.07, 6.45) is 6.67. The predicted molar refractivity (Wildman–Crippen MR) is 89.8 cm³/mol. The van der Waals surface area contributed by atoms with Crippen molar-refractivity contribution in [3.05, 3.63) is 47.5 Å². The van der Waals surface area contributed by atoms with Gasteiger partial charge >= 0.3 is 6.03 Å². The van der Waals surface area contributed by atoms with E-state index in [0.717, 1.165) is 36.2 Å². The molecule has 0 aromatic carbocycles. The third kappa shape index (κ3) is 4.81. The molecule has 2 N–H and O–H groups in total. The monoisotopic (exact) mass is 315 g/mol. The summed E-state index contributed by atoms with van der Waals surface area (Å²) < 4.78 is 0. The largest absolute Gasteiger partial charge is 0.332 e. The van der Waals surface area contributed by atoms with Crippen LogP contribution < -0.4 is 5.32 Å². The number of hydrogen-bond acceptors (Lipinski definition) is 3. The van der Waals surface area contributed by atoms with E-state index in [0.29, 0.717) is 6.54 Å². The van der Waals surface area contributed by atoms with Crippen molar-refractivity contribution in [2.45, 2.75) is 45.7 Å². The van der Waals surface area contributed by atoms with Crippen molar-refractivity contribution in [2.24, 2.45) is 0 Å². The molecule has 0 aliphatic carbocycles. The van der Waals surface area contributed by atoms with Crippen molar-refractivity contribution in [3.63, 3.8) is 0 Å². The van der Waals surface area contributed by atoms with Crippen molar-refractivity contribution >= 4 is 6.03 Å². The summed E-state index contributed by atoms with van der Waals surface area (Å²) in [5.41, 5.74) is 2.88. The van der Waals surface area contributed by atoms with Gasteiger partial charge in [-0.3, -0.25) is 10.1 Å². The topological polar surface area (TPSA) is 73.9 Å². The van der Waals surface area contributed by atoms with Crippen LogP contribution in [-0.2, 0) is 6.54 Å². The minimum Gasteiger partial charge on any atom is -0.332 e. The van der Waals surface area contributed by atoms with Gasteiger partial charge in [-0.2, -0.15) is 5.10 Å². The fourth-order valence-electron chi connectivity index (χ4n) is 2.55. The lowest BCUT2D eigenvalue weighted by Crippen LogP contribution is -2.39. The van der Waals surface area contributed by atoms with Gasteiger partial charge in [0, 0.05) is 25.1 Å². The average molecular weight is 315 g/mol. The first-order valence-electron chi connectivity index (χ1n) is 8.03. The van der Waals surface area contributed by atoms with Crippen LogP contribution in [0.25, 0.3) is 0 Å². The normalized spacial score (nSPS) is 12.0. The number of pyridine rings is 1. The summed E-state index contributed by atoms with van der Waals surface area (Å²) in [5, 5.41) is 9.93. The summed E-state index contributed by atoms with van der Waals surface area (Å²) in [6, 6.07) is 5.79. The second-order valence-electron chi connectivity index (χ2n) is 5.76. The van der Waals surface area contributed by atoms with Crippen molar-refractivity contribution in [2.75, 3.05) is 7.05 Å². The van der Waals surface area contributed by atoms with E-state index in [9.17, 15) is 4.79 Å². The van der Waals surface area contributed by atoms with Crippen LogP contribution >= 0.6 is 0 Å². The Hall–Kier alpha value is -2.37. The van der Waals surface area contributed by atoms with Crippen LogP contribution in [0.5, 0.6) is 0 Å². The molecule has 6 heteroatoms. The molecule has 6 nitrogen and oxygen atoms in total. The number of carbonyl (C=O) groups excluding carboxylic acids is 1. The lowest BCUT2D eigenvalue weighted by Gasteiger charge is -2.28. The highest BCUT2D eigenvalue weighted by Gasteiger charge is 2.21. The second kappa shape index (κ2) is 8.31. The lowest BCUT2D eigenvalue weighted by molar-refractivity contribution is 0.185. The van der Waals surface area contributed by atoms with E-state index in [1.54, 1.807) is 11.1 Å². The van der Waals surface area contributed by atoms with Gasteiger partial charge in [0.1, 0.15) is 0 Å². The van der Waals surface area contributed by atoms with Gasteiger partial charge < -0.3 is 10.2 Å². The van der Waals surface area contributed by atoms with E-state index in [-0.39, 0.29) is 12.1 Å². The molecule has 0 aliphatic heterocycles. The molecule has 1 atom stereocenters. The molecular weight excluding hydrogens is 290 g/mol. The van der Waals surface area contributed by atoms with Crippen LogP contribution in [0.15, 0.2) is 30.6 Å². The molecule has 0 bridgehead atoms. The van der Waals surface area contributed by atoms with Crippen molar-refractivity contribution < 1.29 is 4.79 Å². The summed E-state index contributed by atoms with van der Waals surface area (Å²) in [5.74, 6) is 0. The molecule has 0 radical (unpaired) electrons. The van der Waals surface area contributed by atoms with E-state index in [4.69, 9.17) is 0 Å². The van der Waals surface area contributed by atoms with E-state index >= 15 is 0 Å². The quantitative estimate of drug-likeness (QED) is 0.824. The number of nitrogens with one attached hydrogen (secondary N) is 2. The van der Waals surface area contributed by atoms with Crippen LogP contribution in [-0.4, -0.2) is 33.2 Å². The molecule has 0 saturated carbocycles. The Kier molecular flexibility index (Phi) is 6.14. The molecule has 2 aromatic heterocycles. The van der Waals surface area contributed by atoms with Gasteiger partial charge in [0.25, 0.3) is 0 Å². The number of amides is 2. The molecule has 0 aliphatic rings. The molecule has 124 valence electrons. The second-order valence-corrected chi connectivity index (χ2v) is 5.76. The Morgan fingerprint density at radius 3 is 2.91 bits per heavy atom. The van der Waals surface area contributed by atoms with Crippen molar-refractivity contribution in [1.29, 1.82) is 0 Å². The van der Waals surface area contributed by atoms with E-state index in [1.165, 1.54) is 0 Å². The Balaban J connectivity index is 2.00. The van der Waals surface area contributed by atoms with Crippen molar-refractivity contribution in [3.8, 4) is 0 Å². The Morgan fingerprint density at radius 2 is 2.30 bits per heavy atom. The number of rotatable bonds is 7. The summed E-state index contributed by atoms with van der Waals surface area (Å²) in [4.78, 5) is 18.4. The van der Waals surface area contributed by atoms with E-state index in [2.05, 4.69) is 27.4 Å².